The number of ketones is 1. The van der Waals surface area contributed by atoms with E-state index in [-0.39, 0.29) is 12.1 Å². The van der Waals surface area contributed by atoms with Crippen LogP contribution in [0.4, 0.5) is 0 Å². The molecule has 0 heterocycles. The zero-order valence-electron chi connectivity index (χ0n) is 7.83. The molecule has 2 radical (unpaired) electrons. The van der Waals surface area contributed by atoms with Crippen molar-refractivity contribution < 1.29 is 9.53 Å². The Morgan fingerprint density at radius 2 is 2.23 bits per heavy atom. The van der Waals surface area contributed by atoms with Crippen LogP contribution in [-0.4, -0.2) is 20.7 Å². The lowest BCUT2D eigenvalue weighted by atomic mass is 9.95. The highest BCUT2D eigenvalue weighted by molar-refractivity contribution is 6.24. The van der Waals surface area contributed by atoms with Gasteiger partial charge in [0.25, 0.3) is 0 Å². The number of rotatable bonds is 3. The summed E-state index contributed by atoms with van der Waals surface area (Å²) in [4.78, 5) is 11.2. The molecule has 0 atom stereocenters. The van der Waals surface area contributed by atoms with Crippen LogP contribution < -0.4 is 4.74 Å². The van der Waals surface area contributed by atoms with Gasteiger partial charge in [0.1, 0.15) is 5.75 Å². The first kappa shape index (κ1) is 9.84. The van der Waals surface area contributed by atoms with E-state index in [9.17, 15) is 4.79 Å². The van der Waals surface area contributed by atoms with Crippen molar-refractivity contribution in [2.75, 3.05) is 7.11 Å². The molecule has 0 N–H and O–H groups in total. The van der Waals surface area contributed by atoms with E-state index < -0.39 is 0 Å². The van der Waals surface area contributed by atoms with E-state index in [2.05, 4.69) is 0 Å². The van der Waals surface area contributed by atoms with Gasteiger partial charge in [-0.1, -0.05) is 0 Å². The fourth-order valence-corrected chi connectivity index (χ4v) is 1.17. The van der Waals surface area contributed by atoms with E-state index >= 15 is 0 Å². The van der Waals surface area contributed by atoms with Gasteiger partial charge in [0, 0.05) is 5.56 Å². The van der Waals surface area contributed by atoms with Gasteiger partial charge in [-0.15, -0.1) is 0 Å². The van der Waals surface area contributed by atoms with Crippen molar-refractivity contribution in [2.24, 2.45) is 0 Å². The molecule has 0 bridgehead atoms. The second-order valence-corrected chi connectivity index (χ2v) is 2.81. The predicted molar refractivity (Wildman–Crippen MR) is 52.6 cm³/mol. The van der Waals surface area contributed by atoms with Gasteiger partial charge in [0.2, 0.25) is 0 Å². The maximum absolute atomic E-state index is 11.2. The third-order valence-electron chi connectivity index (χ3n) is 1.90. The van der Waals surface area contributed by atoms with E-state index in [1.165, 1.54) is 0 Å². The average Bonchev–Trinajstić information content (AvgIpc) is 2.16. The Kier molecular flexibility index (Phi) is 3.12. The molecular formula is C10H11BO2. The zero-order chi connectivity index (χ0) is 9.84. The lowest BCUT2D eigenvalue weighted by molar-refractivity contribution is 0.101. The molecule has 0 aliphatic heterocycles. The number of benzene rings is 1. The molecule has 0 amide bonds. The molecule has 0 saturated heterocycles. The van der Waals surface area contributed by atoms with E-state index in [1.807, 2.05) is 6.92 Å². The van der Waals surface area contributed by atoms with Crippen molar-refractivity contribution in [2.45, 2.75) is 13.2 Å². The summed E-state index contributed by atoms with van der Waals surface area (Å²) in [6.07, 6.45) is 0.0474. The van der Waals surface area contributed by atoms with E-state index in [1.54, 1.807) is 25.3 Å². The van der Waals surface area contributed by atoms with Crippen LogP contribution >= 0.6 is 0 Å². The van der Waals surface area contributed by atoms with Crippen molar-refractivity contribution in [1.29, 1.82) is 0 Å². The monoisotopic (exact) mass is 174 g/mol. The summed E-state index contributed by atoms with van der Waals surface area (Å²) in [7, 11) is 6.85. The number of methoxy groups -OCH3 is 1. The molecule has 0 aromatic heterocycles. The van der Waals surface area contributed by atoms with Crippen LogP contribution in [0.5, 0.6) is 5.75 Å². The summed E-state index contributed by atoms with van der Waals surface area (Å²) in [6, 6.07) is 5.28. The number of Topliss-reactive ketones (excluding diaryl/α,β-unsaturated/α-hetero) is 1. The van der Waals surface area contributed by atoms with Gasteiger partial charge in [0.05, 0.1) is 15.0 Å². The lowest BCUT2D eigenvalue weighted by Crippen LogP contribution is -1.98. The SMILES string of the molecule is [B]CC(=O)c1ccc(OC)c(C)c1. The number of carbonyl (C=O) groups excluding carboxylic acids is 1. The Bertz CT molecular complexity index is 321. The van der Waals surface area contributed by atoms with Gasteiger partial charge in [0.15, 0.2) is 5.78 Å². The molecule has 1 rings (SSSR count). The van der Waals surface area contributed by atoms with Crippen LogP contribution in [0.1, 0.15) is 15.9 Å². The van der Waals surface area contributed by atoms with Crippen LogP contribution in [0, 0.1) is 6.92 Å². The Balaban J connectivity index is 3.02. The molecule has 0 unspecified atom stereocenters. The predicted octanol–water partition coefficient (Wildman–Crippen LogP) is 1.77. The number of aryl methyl sites for hydroxylation is 1. The topological polar surface area (TPSA) is 26.3 Å². The highest BCUT2D eigenvalue weighted by Crippen LogP contribution is 2.18. The van der Waals surface area contributed by atoms with E-state index in [0.717, 1.165) is 11.3 Å². The zero-order valence-corrected chi connectivity index (χ0v) is 7.83. The first-order valence-corrected chi connectivity index (χ1v) is 4.07. The van der Waals surface area contributed by atoms with Crippen LogP contribution in [0.25, 0.3) is 0 Å². The molecule has 0 saturated carbocycles. The van der Waals surface area contributed by atoms with Crippen molar-refractivity contribution in [3.63, 3.8) is 0 Å². The van der Waals surface area contributed by atoms with Crippen molar-refractivity contribution >= 4 is 13.6 Å². The number of hydrogen-bond donors (Lipinski definition) is 0. The van der Waals surface area contributed by atoms with Crippen LogP contribution in [0.2, 0.25) is 6.32 Å². The standard InChI is InChI=1S/C10H11BO2/c1-7-5-8(9(12)6-11)3-4-10(7)13-2/h3-5H,6H2,1-2H3. The molecule has 2 nitrogen and oxygen atoms in total. The van der Waals surface area contributed by atoms with E-state index in [0.29, 0.717) is 5.56 Å². The third kappa shape index (κ3) is 2.11. The van der Waals surface area contributed by atoms with Gasteiger partial charge < -0.3 is 4.74 Å². The highest BCUT2D eigenvalue weighted by atomic mass is 16.5. The molecule has 13 heavy (non-hydrogen) atoms. The van der Waals surface area contributed by atoms with Crippen molar-refractivity contribution in [1.82, 2.24) is 0 Å². The molecule has 0 aliphatic carbocycles. The minimum Gasteiger partial charge on any atom is -0.496 e. The molecule has 66 valence electrons. The molecule has 1 aromatic rings. The molecule has 1 aromatic carbocycles. The van der Waals surface area contributed by atoms with Gasteiger partial charge in [-0.25, -0.2) is 0 Å². The summed E-state index contributed by atoms with van der Waals surface area (Å²) in [5.74, 6) is 0.735. The quantitative estimate of drug-likeness (QED) is 0.515. The van der Waals surface area contributed by atoms with Crippen LogP contribution in [0.15, 0.2) is 18.2 Å². The summed E-state index contributed by atoms with van der Waals surface area (Å²) >= 11 is 0. The largest absolute Gasteiger partial charge is 0.496 e. The summed E-state index contributed by atoms with van der Waals surface area (Å²) in [6.45, 7) is 1.89. The second kappa shape index (κ2) is 4.12. The van der Waals surface area contributed by atoms with Gasteiger partial charge in [-0.05, 0) is 37.0 Å². The van der Waals surface area contributed by atoms with E-state index in [4.69, 9.17) is 12.6 Å². The Morgan fingerprint density at radius 1 is 1.54 bits per heavy atom. The normalized spacial score (nSPS) is 9.69. The average molecular weight is 174 g/mol. The smallest absolute Gasteiger partial charge is 0.154 e. The third-order valence-corrected chi connectivity index (χ3v) is 1.90. The van der Waals surface area contributed by atoms with Crippen LogP contribution in [0.3, 0.4) is 0 Å². The first-order chi connectivity index (χ1) is 6.19. The molecule has 3 heteroatoms. The minimum atomic E-state index is -0.0502. The first-order valence-electron chi connectivity index (χ1n) is 4.07. The number of hydrogen-bond acceptors (Lipinski definition) is 2. The fraction of sp³-hybridized carbons (Fsp3) is 0.300. The fourth-order valence-electron chi connectivity index (χ4n) is 1.17. The van der Waals surface area contributed by atoms with Crippen LogP contribution in [-0.2, 0) is 0 Å². The highest BCUT2D eigenvalue weighted by Gasteiger charge is 2.04. The maximum Gasteiger partial charge on any atom is 0.154 e. The molecule has 0 fully saturated rings. The van der Waals surface area contributed by atoms with Crippen molar-refractivity contribution in [3.8, 4) is 5.75 Å². The van der Waals surface area contributed by atoms with Gasteiger partial charge in [-0.2, -0.15) is 0 Å². The number of ether oxygens (including phenoxy) is 1. The molecular weight excluding hydrogens is 163 g/mol. The Hall–Kier alpha value is -1.25. The summed E-state index contributed by atoms with van der Waals surface area (Å²) in [5, 5.41) is 0. The lowest BCUT2D eigenvalue weighted by Gasteiger charge is -2.05. The maximum atomic E-state index is 11.2. The Morgan fingerprint density at radius 3 is 2.69 bits per heavy atom. The summed E-state index contributed by atoms with van der Waals surface area (Å²) < 4.78 is 5.07. The second-order valence-electron chi connectivity index (χ2n) is 2.81. The molecule has 0 spiro atoms. The van der Waals surface area contributed by atoms with Crippen molar-refractivity contribution in [3.05, 3.63) is 29.3 Å². The van der Waals surface area contributed by atoms with Gasteiger partial charge >= 0.3 is 0 Å². The summed E-state index contributed by atoms with van der Waals surface area (Å²) in [5.41, 5.74) is 1.59. The Labute approximate surface area is 79.3 Å². The minimum absolute atomic E-state index is 0.0474. The molecule has 0 aliphatic rings. The number of carbonyl (C=O) groups is 1. The van der Waals surface area contributed by atoms with Gasteiger partial charge in [-0.3, -0.25) is 4.79 Å².